The molecule has 1 amide bonds. The third-order valence-electron chi connectivity index (χ3n) is 7.22. The lowest BCUT2D eigenvalue weighted by molar-refractivity contribution is 0.0924. The van der Waals surface area contributed by atoms with Gasteiger partial charge in [-0.05, 0) is 97.5 Å². The number of nitrogens with zero attached hydrogens (tertiary/aromatic N) is 4. The highest BCUT2D eigenvalue weighted by Gasteiger charge is 2.23. The predicted molar refractivity (Wildman–Crippen MR) is 157 cm³/mol. The maximum atomic E-state index is 13.4. The van der Waals surface area contributed by atoms with E-state index in [1.807, 2.05) is 38.1 Å². The van der Waals surface area contributed by atoms with Gasteiger partial charge in [-0.3, -0.25) is 4.79 Å². The molecule has 2 N–H and O–H groups in total. The number of carbonyl (C=O) groups is 1. The number of hydrogen-bond donors (Lipinski definition) is 2. The molecule has 0 atom stereocenters. The van der Waals surface area contributed by atoms with Crippen LogP contribution < -0.4 is 15.4 Å². The Hall–Kier alpha value is -5.21. The first-order valence-corrected chi connectivity index (χ1v) is 13.7. The zero-order valence-electron chi connectivity index (χ0n) is 23.1. The van der Waals surface area contributed by atoms with E-state index in [1.165, 1.54) is 12.6 Å². The van der Waals surface area contributed by atoms with Crippen LogP contribution in [0.5, 0.6) is 11.6 Å². The van der Waals surface area contributed by atoms with E-state index in [2.05, 4.69) is 32.7 Å². The van der Waals surface area contributed by atoms with Gasteiger partial charge in [0.2, 0.25) is 11.8 Å². The molecule has 0 unspecified atom stereocenters. The molecular weight excluding hydrogens is 512 g/mol. The molecule has 204 valence electrons. The Morgan fingerprint density at radius 2 is 1.49 bits per heavy atom. The van der Waals surface area contributed by atoms with Crippen molar-refractivity contribution < 1.29 is 9.53 Å². The molecule has 0 saturated heterocycles. The Kier molecular flexibility index (Phi) is 8.22. The van der Waals surface area contributed by atoms with Gasteiger partial charge < -0.3 is 15.4 Å². The summed E-state index contributed by atoms with van der Waals surface area (Å²) in [4.78, 5) is 22.4. The van der Waals surface area contributed by atoms with Gasteiger partial charge in [0.1, 0.15) is 11.3 Å². The number of nitriles is 2. The Morgan fingerprint density at radius 3 is 2.10 bits per heavy atom. The number of anilines is 2. The Labute approximate surface area is 239 Å². The largest absolute Gasteiger partial charge is 0.437 e. The summed E-state index contributed by atoms with van der Waals surface area (Å²) in [5, 5.41) is 24.5. The third kappa shape index (κ3) is 6.51. The first-order chi connectivity index (χ1) is 19.9. The monoisotopic (exact) mass is 542 g/mol. The summed E-state index contributed by atoms with van der Waals surface area (Å²) < 4.78 is 6.39. The standard InChI is InChI=1S/C33H30N6O2/c1-21-16-26(25-12-8-23(18-34)9-13-25)17-22(2)30(21)41-32-29(31(40)37-27-6-4-3-5-7-27)20-36-33(39-32)38-28-14-10-24(19-35)11-15-28/h8-17,20,27H,3-7H2,1-2H3,(H,37,40)(H,36,38,39). The molecule has 3 aromatic carbocycles. The van der Waals surface area contributed by atoms with E-state index in [0.717, 1.165) is 47.9 Å². The quantitative estimate of drug-likeness (QED) is 0.255. The molecule has 0 aliphatic heterocycles. The van der Waals surface area contributed by atoms with Crippen LogP contribution in [0.2, 0.25) is 0 Å². The number of ether oxygens (including phenoxy) is 1. The molecule has 0 bridgehead atoms. The van der Waals surface area contributed by atoms with E-state index < -0.39 is 0 Å². The average Bonchev–Trinajstić information content (AvgIpc) is 3.00. The van der Waals surface area contributed by atoms with Gasteiger partial charge in [0.15, 0.2) is 0 Å². The van der Waals surface area contributed by atoms with Crippen LogP contribution in [-0.2, 0) is 0 Å². The summed E-state index contributed by atoms with van der Waals surface area (Å²) in [5.74, 6) is 0.767. The minimum Gasteiger partial charge on any atom is -0.437 e. The van der Waals surface area contributed by atoms with Crippen molar-refractivity contribution in [3.8, 4) is 34.9 Å². The lowest BCUT2D eigenvalue weighted by Crippen LogP contribution is -2.36. The fourth-order valence-corrected chi connectivity index (χ4v) is 5.04. The van der Waals surface area contributed by atoms with Gasteiger partial charge in [-0.1, -0.05) is 31.4 Å². The topological polar surface area (TPSA) is 124 Å². The summed E-state index contributed by atoms with van der Waals surface area (Å²) in [6.07, 6.45) is 6.79. The minimum atomic E-state index is -0.263. The molecule has 1 saturated carbocycles. The van der Waals surface area contributed by atoms with Gasteiger partial charge in [0.25, 0.3) is 5.91 Å². The van der Waals surface area contributed by atoms with Crippen molar-refractivity contribution in [2.24, 2.45) is 0 Å². The van der Waals surface area contributed by atoms with Crippen LogP contribution in [0.1, 0.15) is 64.7 Å². The smallest absolute Gasteiger partial charge is 0.258 e. The van der Waals surface area contributed by atoms with Crippen LogP contribution in [0.25, 0.3) is 11.1 Å². The van der Waals surface area contributed by atoms with Crippen molar-refractivity contribution in [3.05, 3.63) is 94.7 Å². The van der Waals surface area contributed by atoms with Gasteiger partial charge in [-0.15, -0.1) is 0 Å². The number of aromatic nitrogens is 2. The van der Waals surface area contributed by atoms with Crippen LogP contribution in [0.15, 0.2) is 66.9 Å². The Bertz CT molecular complexity index is 1620. The van der Waals surface area contributed by atoms with Gasteiger partial charge >= 0.3 is 0 Å². The first-order valence-electron chi connectivity index (χ1n) is 13.7. The molecule has 1 fully saturated rings. The highest BCUT2D eigenvalue weighted by atomic mass is 16.5. The van der Waals surface area contributed by atoms with Crippen molar-refractivity contribution in [1.82, 2.24) is 15.3 Å². The number of amides is 1. The lowest BCUT2D eigenvalue weighted by atomic mass is 9.95. The summed E-state index contributed by atoms with van der Waals surface area (Å²) in [6, 6.07) is 22.8. The lowest BCUT2D eigenvalue weighted by Gasteiger charge is -2.23. The van der Waals surface area contributed by atoms with Crippen molar-refractivity contribution in [1.29, 1.82) is 10.5 Å². The molecule has 1 heterocycles. The Balaban J connectivity index is 1.46. The zero-order valence-corrected chi connectivity index (χ0v) is 23.1. The highest BCUT2D eigenvalue weighted by molar-refractivity contribution is 5.96. The molecule has 1 aliphatic rings. The van der Waals surface area contributed by atoms with Crippen LogP contribution >= 0.6 is 0 Å². The van der Waals surface area contributed by atoms with Crippen molar-refractivity contribution >= 4 is 17.5 Å². The highest BCUT2D eigenvalue weighted by Crippen LogP contribution is 2.34. The van der Waals surface area contributed by atoms with Crippen molar-refractivity contribution in [2.45, 2.75) is 52.0 Å². The number of nitrogens with one attached hydrogen (secondary N) is 2. The molecule has 41 heavy (non-hydrogen) atoms. The number of benzene rings is 3. The van der Waals surface area contributed by atoms with Gasteiger partial charge in [-0.25, -0.2) is 4.98 Å². The number of rotatable bonds is 7. The second-order valence-electron chi connectivity index (χ2n) is 10.3. The fraction of sp³-hybridized carbons (Fsp3) is 0.242. The maximum Gasteiger partial charge on any atom is 0.258 e. The molecule has 8 nitrogen and oxygen atoms in total. The van der Waals surface area contributed by atoms with E-state index >= 15 is 0 Å². The fourth-order valence-electron chi connectivity index (χ4n) is 5.04. The van der Waals surface area contributed by atoms with Crippen LogP contribution in [0.4, 0.5) is 11.6 Å². The molecular formula is C33H30N6O2. The predicted octanol–water partition coefficient (Wildman–Crippen LogP) is 7.10. The SMILES string of the molecule is Cc1cc(-c2ccc(C#N)cc2)cc(C)c1Oc1nc(Nc2ccc(C#N)cc2)ncc1C(=O)NC1CCCCC1. The molecule has 4 aromatic rings. The van der Waals surface area contributed by atoms with E-state index in [-0.39, 0.29) is 29.3 Å². The van der Waals surface area contributed by atoms with E-state index in [9.17, 15) is 4.79 Å². The van der Waals surface area contributed by atoms with Crippen LogP contribution in [0.3, 0.4) is 0 Å². The number of carbonyl (C=O) groups excluding carboxylic acids is 1. The third-order valence-corrected chi connectivity index (χ3v) is 7.22. The molecule has 1 aromatic heterocycles. The number of hydrogen-bond acceptors (Lipinski definition) is 7. The summed E-state index contributed by atoms with van der Waals surface area (Å²) in [5.41, 5.74) is 5.86. The van der Waals surface area contributed by atoms with Crippen molar-refractivity contribution in [3.63, 3.8) is 0 Å². The van der Waals surface area contributed by atoms with E-state index in [4.69, 9.17) is 15.3 Å². The molecule has 0 radical (unpaired) electrons. The van der Waals surface area contributed by atoms with Crippen LogP contribution in [-0.4, -0.2) is 21.9 Å². The maximum absolute atomic E-state index is 13.4. The summed E-state index contributed by atoms with van der Waals surface area (Å²) in [7, 11) is 0. The molecule has 0 spiro atoms. The molecule has 8 heteroatoms. The minimum absolute atomic E-state index is 0.121. The second kappa shape index (κ2) is 12.3. The van der Waals surface area contributed by atoms with Gasteiger partial charge in [0, 0.05) is 17.9 Å². The zero-order chi connectivity index (χ0) is 28.8. The summed E-state index contributed by atoms with van der Waals surface area (Å²) in [6.45, 7) is 3.91. The first kappa shape index (κ1) is 27.4. The number of aryl methyl sites for hydroxylation is 2. The second-order valence-corrected chi connectivity index (χ2v) is 10.3. The molecule has 1 aliphatic carbocycles. The average molecular weight is 543 g/mol. The Morgan fingerprint density at radius 1 is 0.878 bits per heavy atom. The summed E-state index contributed by atoms with van der Waals surface area (Å²) >= 11 is 0. The van der Waals surface area contributed by atoms with Gasteiger partial charge in [0.05, 0.1) is 23.3 Å². The van der Waals surface area contributed by atoms with E-state index in [0.29, 0.717) is 22.6 Å². The van der Waals surface area contributed by atoms with Crippen molar-refractivity contribution in [2.75, 3.05) is 5.32 Å². The molecule has 5 rings (SSSR count). The van der Waals surface area contributed by atoms with Gasteiger partial charge in [-0.2, -0.15) is 15.5 Å². The van der Waals surface area contributed by atoms with E-state index in [1.54, 1.807) is 36.4 Å². The normalized spacial score (nSPS) is 13.1. The van der Waals surface area contributed by atoms with Crippen LogP contribution in [0, 0.1) is 36.5 Å².